The number of thioether (sulfide) groups is 1. The molecule has 0 spiro atoms. The van der Waals surface area contributed by atoms with Crippen LogP contribution in [-0.4, -0.2) is 34.5 Å². The third kappa shape index (κ3) is 6.63. The number of carboxylic acids is 1. The van der Waals surface area contributed by atoms with Crippen molar-refractivity contribution in [3.63, 3.8) is 0 Å². The van der Waals surface area contributed by atoms with Gasteiger partial charge in [-0.1, -0.05) is 30.7 Å². The summed E-state index contributed by atoms with van der Waals surface area (Å²) in [6, 6.07) is 6.49. The molecule has 0 heterocycles. The number of amides is 1. The number of carboxylic acid groups (broad SMARTS) is 1. The number of carbonyl (C=O) groups is 2. The minimum Gasteiger partial charge on any atom is -0.480 e. The van der Waals surface area contributed by atoms with E-state index in [1.54, 1.807) is 19.1 Å². The van der Waals surface area contributed by atoms with Crippen molar-refractivity contribution in [3.05, 3.63) is 34.9 Å². The zero-order chi connectivity index (χ0) is 15.8. The summed E-state index contributed by atoms with van der Waals surface area (Å²) in [6.07, 6.45) is 0. The first kappa shape index (κ1) is 18.2. The second kappa shape index (κ2) is 9.23. The van der Waals surface area contributed by atoms with Gasteiger partial charge in [-0.15, -0.1) is 0 Å². The Morgan fingerprint density at radius 1 is 1.38 bits per heavy atom. The van der Waals surface area contributed by atoms with E-state index in [-0.39, 0.29) is 11.8 Å². The molecule has 0 aliphatic rings. The van der Waals surface area contributed by atoms with E-state index in [0.29, 0.717) is 22.3 Å². The molecule has 0 aliphatic carbocycles. The normalized spacial score (nSPS) is 13.5. The number of rotatable bonds is 8. The van der Waals surface area contributed by atoms with Crippen LogP contribution in [0.3, 0.4) is 0 Å². The molecule has 0 unspecified atom stereocenters. The van der Waals surface area contributed by atoms with Gasteiger partial charge in [0.1, 0.15) is 6.04 Å². The predicted octanol–water partition coefficient (Wildman–Crippen LogP) is 2.71. The summed E-state index contributed by atoms with van der Waals surface area (Å²) >= 11 is 11.3. The van der Waals surface area contributed by atoms with E-state index in [0.717, 1.165) is 5.56 Å². The largest absolute Gasteiger partial charge is 0.480 e. The van der Waals surface area contributed by atoms with Gasteiger partial charge in [-0.2, -0.15) is 24.4 Å². The second-order valence-electron chi connectivity index (χ2n) is 4.62. The first-order valence-corrected chi connectivity index (χ1v) is 8.56. The Morgan fingerprint density at radius 3 is 2.52 bits per heavy atom. The summed E-state index contributed by atoms with van der Waals surface area (Å²) in [5.41, 5.74) is 1.06. The Balaban J connectivity index is 2.46. The molecule has 0 fully saturated rings. The lowest BCUT2D eigenvalue weighted by Gasteiger charge is -2.16. The van der Waals surface area contributed by atoms with E-state index < -0.39 is 12.0 Å². The van der Waals surface area contributed by atoms with Crippen LogP contribution in [0.4, 0.5) is 0 Å². The number of thiol groups is 1. The molecule has 0 aromatic heterocycles. The van der Waals surface area contributed by atoms with Crippen LogP contribution < -0.4 is 5.32 Å². The summed E-state index contributed by atoms with van der Waals surface area (Å²) in [7, 11) is 0. The number of nitrogens with one attached hydrogen (secondary N) is 1. The van der Waals surface area contributed by atoms with Crippen LogP contribution in [0, 0.1) is 5.92 Å². The van der Waals surface area contributed by atoms with Gasteiger partial charge in [0.2, 0.25) is 5.91 Å². The summed E-state index contributed by atoms with van der Waals surface area (Å²) in [5, 5.41) is 12.3. The highest BCUT2D eigenvalue weighted by molar-refractivity contribution is 7.98. The summed E-state index contributed by atoms with van der Waals surface area (Å²) in [5.74, 6) is -0.267. The molecule has 2 atom stereocenters. The minimum atomic E-state index is -1.03. The Bertz CT molecular complexity index is 482. The molecular formula is C14H18ClNO3S2. The number of halogens is 1. The first-order valence-electron chi connectivity index (χ1n) is 6.40. The Morgan fingerprint density at radius 2 is 2.00 bits per heavy atom. The third-order valence-electron chi connectivity index (χ3n) is 2.80. The standard InChI is InChI=1S/C14H18ClNO3S2/c1-9(6-20)13(17)16-12(14(18)19)8-21-7-10-2-4-11(15)5-3-10/h2-5,9,12,20H,6-8H2,1H3,(H,16,17)(H,18,19)/t9-,12+/m1/s1. The van der Waals surface area contributed by atoms with Gasteiger partial charge in [0.25, 0.3) is 0 Å². The van der Waals surface area contributed by atoms with E-state index >= 15 is 0 Å². The van der Waals surface area contributed by atoms with Crippen molar-refractivity contribution in [3.8, 4) is 0 Å². The van der Waals surface area contributed by atoms with Crippen LogP contribution >= 0.6 is 36.0 Å². The van der Waals surface area contributed by atoms with Crippen molar-refractivity contribution in [1.29, 1.82) is 0 Å². The molecule has 116 valence electrons. The number of hydrogen-bond donors (Lipinski definition) is 3. The highest BCUT2D eigenvalue weighted by Crippen LogP contribution is 2.16. The third-order valence-corrected chi connectivity index (χ3v) is 4.71. The molecule has 1 aromatic carbocycles. The highest BCUT2D eigenvalue weighted by Gasteiger charge is 2.22. The maximum Gasteiger partial charge on any atom is 0.327 e. The molecule has 4 nitrogen and oxygen atoms in total. The maximum atomic E-state index is 11.7. The number of carbonyl (C=O) groups excluding carboxylic acids is 1. The lowest BCUT2D eigenvalue weighted by atomic mass is 10.2. The van der Waals surface area contributed by atoms with Gasteiger partial charge >= 0.3 is 5.97 Å². The van der Waals surface area contributed by atoms with Gasteiger partial charge in [0.15, 0.2) is 0 Å². The molecule has 0 aliphatic heterocycles. The van der Waals surface area contributed by atoms with Crippen molar-refractivity contribution in [2.45, 2.75) is 18.7 Å². The maximum absolute atomic E-state index is 11.7. The van der Waals surface area contributed by atoms with E-state index in [1.165, 1.54) is 11.8 Å². The van der Waals surface area contributed by atoms with Gasteiger partial charge in [-0.3, -0.25) is 4.79 Å². The van der Waals surface area contributed by atoms with E-state index in [2.05, 4.69) is 17.9 Å². The van der Waals surface area contributed by atoms with E-state index in [4.69, 9.17) is 16.7 Å². The van der Waals surface area contributed by atoms with Crippen molar-refractivity contribution >= 4 is 47.9 Å². The van der Waals surface area contributed by atoms with Crippen molar-refractivity contribution in [2.75, 3.05) is 11.5 Å². The van der Waals surface area contributed by atoms with Crippen molar-refractivity contribution in [1.82, 2.24) is 5.32 Å². The summed E-state index contributed by atoms with van der Waals surface area (Å²) < 4.78 is 0. The molecule has 1 rings (SSSR count). The van der Waals surface area contributed by atoms with Crippen LogP contribution in [-0.2, 0) is 15.3 Å². The quantitative estimate of drug-likeness (QED) is 0.632. The Labute approximate surface area is 139 Å². The topological polar surface area (TPSA) is 66.4 Å². The van der Waals surface area contributed by atoms with Crippen molar-refractivity contribution in [2.24, 2.45) is 5.92 Å². The van der Waals surface area contributed by atoms with Crippen LogP contribution in [0.5, 0.6) is 0 Å². The van der Waals surface area contributed by atoms with Crippen LogP contribution in [0.1, 0.15) is 12.5 Å². The lowest BCUT2D eigenvalue weighted by Crippen LogP contribution is -2.45. The summed E-state index contributed by atoms with van der Waals surface area (Å²) in [6.45, 7) is 1.71. The lowest BCUT2D eigenvalue weighted by molar-refractivity contribution is -0.141. The van der Waals surface area contributed by atoms with Gasteiger partial charge in [-0.25, -0.2) is 4.79 Å². The Kier molecular flexibility index (Phi) is 8.00. The molecule has 1 amide bonds. The molecule has 2 N–H and O–H groups in total. The fourth-order valence-corrected chi connectivity index (χ4v) is 2.75. The number of hydrogen-bond acceptors (Lipinski definition) is 4. The van der Waals surface area contributed by atoms with Crippen molar-refractivity contribution < 1.29 is 14.7 Å². The molecule has 21 heavy (non-hydrogen) atoms. The molecule has 0 bridgehead atoms. The molecule has 7 heteroatoms. The fraction of sp³-hybridized carbons (Fsp3) is 0.429. The van der Waals surface area contributed by atoms with Gasteiger partial charge in [-0.05, 0) is 17.7 Å². The Hall–Kier alpha value is -0.850. The minimum absolute atomic E-state index is 0.288. The zero-order valence-electron chi connectivity index (χ0n) is 11.6. The van der Waals surface area contributed by atoms with E-state index in [1.807, 2.05) is 12.1 Å². The first-order chi connectivity index (χ1) is 9.93. The van der Waals surface area contributed by atoms with Crippen LogP contribution in [0.2, 0.25) is 5.02 Å². The van der Waals surface area contributed by atoms with Crippen LogP contribution in [0.15, 0.2) is 24.3 Å². The molecular weight excluding hydrogens is 330 g/mol. The molecule has 0 saturated heterocycles. The smallest absolute Gasteiger partial charge is 0.327 e. The predicted molar refractivity (Wildman–Crippen MR) is 90.2 cm³/mol. The van der Waals surface area contributed by atoms with Gasteiger partial charge in [0, 0.05) is 28.2 Å². The molecule has 0 radical (unpaired) electrons. The average Bonchev–Trinajstić information content (AvgIpc) is 2.46. The molecule has 1 aromatic rings. The highest BCUT2D eigenvalue weighted by atomic mass is 35.5. The second-order valence-corrected chi connectivity index (χ2v) is 6.46. The SMILES string of the molecule is C[C@H](CS)C(=O)N[C@@H](CSCc1ccc(Cl)cc1)C(=O)O. The average molecular weight is 348 g/mol. The van der Waals surface area contributed by atoms with Gasteiger partial charge < -0.3 is 10.4 Å². The van der Waals surface area contributed by atoms with E-state index in [9.17, 15) is 9.59 Å². The summed E-state index contributed by atoms with van der Waals surface area (Å²) in [4.78, 5) is 22.9. The van der Waals surface area contributed by atoms with Gasteiger partial charge in [0.05, 0.1) is 0 Å². The van der Waals surface area contributed by atoms with Crippen LogP contribution in [0.25, 0.3) is 0 Å². The number of aliphatic carboxylic acids is 1. The number of benzene rings is 1. The fourth-order valence-electron chi connectivity index (χ4n) is 1.45. The molecule has 0 saturated carbocycles. The monoisotopic (exact) mass is 347 g/mol. The zero-order valence-corrected chi connectivity index (χ0v) is 14.0.